The molecule has 0 amide bonds. The van der Waals surface area contributed by atoms with Gasteiger partial charge in [-0.1, -0.05) is 99.9 Å². The first-order valence-electron chi connectivity index (χ1n) is 17.5. The Hall–Kier alpha value is -6.13. The molecule has 5 heterocycles. The van der Waals surface area contributed by atoms with E-state index in [1.807, 2.05) is 48.7 Å². The Morgan fingerprint density at radius 1 is 0.547 bits per heavy atom. The van der Waals surface area contributed by atoms with Gasteiger partial charge in [0.2, 0.25) is 0 Å². The zero-order chi connectivity index (χ0) is 34.7. The van der Waals surface area contributed by atoms with Gasteiger partial charge in [-0.05, 0) is 90.9 Å². The van der Waals surface area contributed by atoms with Crippen molar-refractivity contribution in [2.45, 2.75) is 20.8 Å². The van der Waals surface area contributed by atoms with E-state index in [0.29, 0.717) is 11.5 Å². The van der Waals surface area contributed by atoms with Gasteiger partial charge < -0.3 is 13.5 Å². The summed E-state index contributed by atoms with van der Waals surface area (Å²) in [7, 11) is 0. The molecule has 0 radical (unpaired) electrons. The molecule has 0 bridgehead atoms. The zero-order valence-electron chi connectivity index (χ0n) is 29.0. The van der Waals surface area contributed by atoms with Crippen molar-refractivity contribution in [3.63, 3.8) is 0 Å². The van der Waals surface area contributed by atoms with Crippen LogP contribution in [-0.4, -0.2) is 23.8 Å². The van der Waals surface area contributed by atoms with Crippen molar-refractivity contribution in [1.29, 1.82) is 0 Å². The Balaban J connectivity index is 0.00000349. The van der Waals surface area contributed by atoms with Crippen LogP contribution in [0.25, 0.3) is 88.0 Å². The predicted molar refractivity (Wildman–Crippen MR) is 211 cm³/mol. The summed E-state index contributed by atoms with van der Waals surface area (Å²) in [5.41, 5.74) is 14.9. The average Bonchev–Trinajstić information content (AvgIpc) is 3.75. The molecule has 0 fully saturated rings. The van der Waals surface area contributed by atoms with E-state index in [1.165, 1.54) is 27.8 Å². The van der Waals surface area contributed by atoms with E-state index >= 15 is 0 Å². The van der Waals surface area contributed by atoms with Gasteiger partial charge in [0.25, 0.3) is 0 Å². The largest absolute Gasteiger partial charge is 2.00 e. The van der Waals surface area contributed by atoms with Gasteiger partial charge in [0.05, 0.1) is 44.4 Å². The monoisotopic (exact) mass is 773 g/mol. The van der Waals surface area contributed by atoms with Crippen LogP contribution in [-0.2, 0) is 20.4 Å². The van der Waals surface area contributed by atoms with Gasteiger partial charge in [-0.3, -0.25) is 15.0 Å². The third kappa shape index (κ3) is 4.64. The van der Waals surface area contributed by atoms with E-state index in [-0.39, 0.29) is 20.4 Å². The Morgan fingerprint density at radius 3 is 1.81 bits per heavy atom. The third-order valence-electron chi connectivity index (χ3n) is 10.4. The molecule has 11 aromatic rings. The minimum Gasteiger partial charge on any atom is -0.497 e. The second-order valence-electron chi connectivity index (χ2n) is 13.7. The quantitative estimate of drug-likeness (QED) is 0.102. The van der Waals surface area contributed by atoms with E-state index < -0.39 is 0 Å². The number of hydrogen-bond acceptors (Lipinski definition) is 4. The van der Waals surface area contributed by atoms with Crippen molar-refractivity contribution in [3.05, 3.63) is 150 Å². The van der Waals surface area contributed by atoms with Crippen molar-refractivity contribution < 1.29 is 25.2 Å². The second-order valence-corrected chi connectivity index (χ2v) is 13.7. The summed E-state index contributed by atoms with van der Waals surface area (Å²) in [5.74, 6) is 1.16. The minimum absolute atomic E-state index is 0. The maximum absolute atomic E-state index is 6.59. The number of imidazole rings is 2. The number of aryl methyl sites for hydroxylation is 3. The van der Waals surface area contributed by atoms with Crippen LogP contribution in [0, 0.1) is 32.9 Å². The fourth-order valence-corrected chi connectivity index (χ4v) is 8.36. The molecule has 0 N–H and O–H groups in total. The van der Waals surface area contributed by atoms with Crippen molar-refractivity contribution in [2.24, 2.45) is 0 Å². The van der Waals surface area contributed by atoms with E-state index in [0.717, 1.165) is 76.8 Å². The number of pyridine rings is 3. The van der Waals surface area contributed by atoms with Gasteiger partial charge in [0, 0.05) is 23.2 Å². The molecule has 0 atom stereocenters. The molecule has 7 heteroatoms. The summed E-state index contributed by atoms with van der Waals surface area (Å²) in [6.07, 6.45) is 1.83. The van der Waals surface area contributed by atoms with Crippen LogP contribution < -0.4 is 4.74 Å². The Labute approximate surface area is 318 Å². The smallest absolute Gasteiger partial charge is 0.497 e. The number of fused-ring (bicyclic) bond motifs is 16. The number of aromatic nitrogens is 5. The molecule has 0 aliphatic carbocycles. The van der Waals surface area contributed by atoms with Crippen molar-refractivity contribution in [2.75, 3.05) is 0 Å². The van der Waals surface area contributed by atoms with Crippen molar-refractivity contribution in [3.8, 4) is 22.6 Å². The maximum Gasteiger partial charge on any atom is 2.00 e. The van der Waals surface area contributed by atoms with Crippen LogP contribution >= 0.6 is 0 Å². The number of benzene rings is 6. The number of hydrogen-bond donors (Lipinski definition) is 0. The normalized spacial score (nSPS) is 11.9. The first-order valence-corrected chi connectivity index (χ1v) is 17.5. The Bertz CT molecular complexity index is 3300. The molecule has 0 aliphatic heterocycles. The van der Waals surface area contributed by atoms with E-state index in [2.05, 4.69) is 115 Å². The second kappa shape index (κ2) is 11.7. The van der Waals surface area contributed by atoms with Crippen molar-refractivity contribution in [1.82, 2.24) is 23.8 Å². The number of nitrogens with zero attached hydrogens (tertiary/aromatic N) is 5. The zero-order valence-corrected chi connectivity index (χ0v) is 30.6. The topological polar surface area (TPSA) is 56.7 Å². The Morgan fingerprint density at radius 2 is 1.13 bits per heavy atom. The summed E-state index contributed by atoms with van der Waals surface area (Å²) >= 11 is 0. The van der Waals surface area contributed by atoms with Gasteiger partial charge in [0.15, 0.2) is 0 Å². The number of ether oxygens (including phenoxy) is 1. The Kier molecular flexibility index (Phi) is 6.97. The minimum atomic E-state index is 0. The SMILES string of the molecule is Cc1cc(C)c(-c2ccc3c(c2)c2ccc(Oc4[c-]c5c(cc4)c4ncccc4n4c6ccccc6nc54)[c-]c2c2nc4ccccc4n32)c(C)c1.[Pd+2]. The molecule has 11 rings (SSSR count). The van der Waals surface area contributed by atoms with Gasteiger partial charge in [0.1, 0.15) is 0 Å². The molecule has 0 saturated heterocycles. The summed E-state index contributed by atoms with van der Waals surface area (Å²) < 4.78 is 11.0. The van der Waals surface area contributed by atoms with Crippen LogP contribution in [0.2, 0.25) is 0 Å². The van der Waals surface area contributed by atoms with Gasteiger partial charge in [-0.15, -0.1) is 12.1 Å². The summed E-state index contributed by atoms with van der Waals surface area (Å²) in [6.45, 7) is 6.55. The molecule has 0 unspecified atom stereocenters. The fourth-order valence-electron chi connectivity index (χ4n) is 8.36. The standard InChI is InChI=1S/C46H29N5O.Pd/c1-26-21-27(2)43(28(3)22-26)29-14-19-39-34(23-29)32-17-15-30(24-35(32)45-48-37-9-4-6-11-40(37)50(39)45)52-31-16-18-33-36(25-31)46-49-38-10-5-7-12-41(38)51(46)42-13-8-20-47-44(33)42;/h4-23H,1-3H3;/q-2;+2. The molecular weight excluding hydrogens is 745 g/mol. The van der Waals surface area contributed by atoms with Gasteiger partial charge >= 0.3 is 20.4 Å². The molecule has 0 spiro atoms. The van der Waals surface area contributed by atoms with E-state index in [9.17, 15) is 0 Å². The van der Waals surface area contributed by atoms with Crippen molar-refractivity contribution >= 4 is 76.8 Å². The van der Waals surface area contributed by atoms with E-state index in [4.69, 9.17) is 19.7 Å². The summed E-state index contributed by atoms with van der Waals surface area (Å²) in [4.78, 5) is 15.0. The molecule has 254 valence electrons. The maximum atomic E-state index is 6.59. The van der Waals surface area contributed by atoms with Crippen LogP contribution in [0.5, 0.6) is 11.5 Å². The van der Waals surface area contributed by atoms with Crippen LogP contribution in [0.3, 0.4) is 0 Å². The number of para-hydroxylation sites is 4. The summed E-state index contributed by atoms with van der Waals surface area (Å²) in [5, 5.41) is 4.92. The molecular formula is C46H29N5OPd. The van der Waals surface area contributed by atoms with Crippen LogP contribution in [0.4, 0.5) is 0 Å². The molecule has 0 saturated carbocycles. The average molecular weight is 774 g/mol. The van der Waals surface area contributed by atoms with Crippen LogP contribution in [0.1, 0.15) is 16.7 Å². The molecule has 53 heavy (non-hydrogen) atoms. The van der Waals surface area contributed by atoms with Gasteiger partial charge in [-0.25, -0.2) is 0 Å². The fraction of sp³-hybridized carbons (Fsp3) is 0.0652. The third-order valence-corrected chi connectivity index (χ3v) is 10.4. The molecule has 5 aromatic heterocycles. The van der Waals surface area contributed by atoms with Crippen LogP contribution in [0.15, 0.2) is 121 Å². The first kappa shape index (κ1) is 31.6. The molecule has 6 nitrogen and oxygen atoms in total. The van der Waals surface area contributed by atoms with E-state index in [1.54, 1.807) is 0 Å². The first-order chi connectivity index (χ1) is 25.5. The molecule has 0 aliphatic rings. The predicted octanol–water partition coefficient (Wildman–Crippen LogP) is 11.3. The molecule has 6 aromatic carbocycles. The number of rotatable bonds is 3. The van der Waals surface area contributed by atoms with Gasteiger partial charge in [-0.2, -0.15) is 0 Å². The summed E-state index contributed by atoms with van der Waals surface area (Å²) in [6, 6.07) is 47.2.